The highest BCUT2D eigenvalue weighted by atomic mass is 16.5. The van der Waals surface area contributed by atoms with Gasteiger partial charge in [-0.2, -0.15) is 5.10 Å². The van der Waals surface area contributed by atoms with E-state index in [9.17, 15) is 14.4 Å². The van der Waals surface area contributed by atoms with Crippen molar-refractivity contribution in [1.82, 2.24) is 10.7 Å². The van der Waals surface area contributed by atoms with Crippen molar-refractivity contribution in [3.63, 3.8) is 0 Å². The SMILES string of the molecule is CCCCOc1ccc(C(=O)NCC(=O)N/N=C\c2ccc(OC(=O)c3ccc(OCCC)cc3)cc2)cc1. The van der Waals surface area contributed by atoms with Gasteiger partial charge in [0, 0.05) is 5.56 Å². The fourth-order valence-electron chi connectivity index (χ4n) is 3.21. The van der Waals surface area contributed by atoms with Crippen LogP contribution in [0.3, 0.4) is 0 Å². The quantitative estimate of drug-likeness (QED) is 0.102. The maximum atomic E-state index is 12.4. The van der Waals surface area contributed by atoms with Crippen molar-refractivity contribution >= 4 is 24.0 Å². The van der Waals surface area contributed by atoms with Gasteiger partial charge in [-0.1, -0.05) is 20.3 Å². The van der Waals surface area contributed by atoms with Crippen molar-refractivity contribution in [1.29, 1.82) is 0 Å². The summed E-state index contributed by atoms with van der Waals surface area (Å²) in [6.45, 7) is 5.12. The molecule has 0 heterocycles. The summed E-state index contributed by atoms with van der Waals surface area (Å²) < 4.78 is 16.5. The lowest BCUT2D eigenvalue weighted by Gasteiger charge is -2.07. The molecule has 39 heavy (non-hydrogen) atoms. The number of carbonyl (C=O) groups is 3. The highest BCUT2D eigenvalue weighted by molar-refractivity contribution is 5.96. The Morgan fingerprint density at radius 1 is 0.744 bits per heavy atom. The minimum atomic E-state index is -0.482. The van der Waals surface area contributed by atoms with Crippen molar-refractivity contribution in [2.45, 2.75) is 33.1 Å². The van der Waals surface area contributed by atoms with E-state index in [0.717, 1.165) is 19.3 Å². The van der Waals surface area contributed by atoms with Crippen LogP contribution in [0.15, 0.2) is 77.9 Å². The molecular weight excluding hydrogens is 498 g/mol. The van der Waals surface area contributed by atoms with Crippen LogP contribution in [0.4, 0.5) is 0 Å². The molecule has 0 aliphatic rings. The summed E-state index contributed by atoms with van der Waals surface area (Å²) in [5.41, 5.74) is 3.87. The summed E-state index contributed by atoms with van der Waals surface area (Å²) in [7, 11) is 0. The second-order valence-corrected chi connectivity index (χ2v) is 8.53. The van der Waals surface area contributed by atoms with Crippen LogP contribution in [0, 0.1) is 0 Å². The van der Waals surface area contributed by atoms with Gasteiger partial charge in [-0.15, -0.1) is 0 Å². The highest BCUT2D eigenvalue weighted by Gasteiger charge is 2.10. The van der Waals surface area contributed by atoms with E-state index in [1.165, 1.54) is 6.21 Å². The highest BCUT2D eigenvalue weighted by Crippen LogP contribution is 2.17. The van der Waals surface area contributed by atoms with Gasteiger partial charge in [0.05, 0.1) is 31.5 Å². The van der Waals surface area contributed by atoms with Gasteiger partial charge in [-0.05, 0) is 91.2 Å². The summed E-state index contributed by atoms with van der Waals surface area (Å²) in [6.07, 6.45) is 4.35. The van der Waals surface area contributed by atoms with Crippen LogP contribution in [0.2, 0.25) is 0 Å². The van der Waals surface area contributed by atoms with Gasteiger partial charge in [0.25, 0.3) is 11.8 Å². The molecule has 0 aliphatic carbocycles. The molecule has 0 saturated heterocycles. The Balaban J connectivity index is 1.39. The molecule has 0 fully saturated rings. The number of esters is 1. The first-order valence-corrected chi connectivity index (χ1v) is 12.9. The molecule has 204 valence electrons. The van der Waals surface area contributed by atoms with Crippen LogP contribution in [0.1, 0.15) is 59.4 Å². The number of carbonyl (C=O) groups excluding carboxylic acids is 3. The molecule has 2 amide bonds. The number of nitrogens with one attached hydrogen (secondary N) is 2. The average molecular weight is 532 g/mol. The Morgan fingerprint density at radius 2 is 1.33 bits per heavy atom. The lowest BCUT2D eigenvalue weighted by molar-refractivity contribution is -0.120. The number of ether oxygens (including phenoxy) is 3. The van der Waals surface area contributed by atoms with Gasteiger partial charge in [-0.25, -0.2) is 10.2 Å². The minimum absolute atomic E-state index is 0.231. The standard InChI is InChI=1S/C30H33N3O6/c1-3-5-19-38-26-14-8-23(9-15-26)29(35)31-21-28(34)33-32-20-22-6-12-27(13-7-22)39-30(36)24-10-16-25(17-11-24)37-18-4-2/h6-17,20H,3-5,18-19,21H2,1-2H3,(H,31,35)(H,33,34)/b32-20-. The Kier molecular flexibility index (Phi) is 11.5. The molecule has 9 heteroatoms. The topological polar surface area (TPSA) is 115 Å². The van der Waals surface area contributed by atoms with E-state index in [1.807, 2.05) is 6.92 Å². The Bertz CT molecular complexity index is 1240. The van der Waals surface area contributed by atoms with E-state index in [0.29, 0.717) is 47.2 Å². The fourth-order valence-corrected chi connectivity index (χ4v) is 3.21. The third kappa shape index (κ3) is 9.96. The number of nitrogens with zero attached hydrogens (tertiary/aromatic N) is 1. The average Bonchev–Trinajstić information content (AvgIpc) is 2.96. The maximum absolute atomic E-state index is 12.4. The van der Waals surface area contributed by atoms with Crippen LogP contribution >= 0.6 is 0 Å². The number of hydrazone groups is 1. The number of unbranched alkanes of at least 4 members (excludes halogenated alkanes) is 1. The minimum Gasteiger partial charge on any atom is -0.494 e. The smallest absolute Gasteiger partial charge is 0.343 e. The number of benzene rings is 3. The summed E-state index contributed by atoms with van der Waals surface area (Å²) in [5.74, 6) is 0.432. The van der Waals surface area contributed by atoms with Gasteiger partial charge < -0.3 is 19.5 Å². The molecule has 0 saturated carbocycles. The molecule has 0 radical (unpaired) electrons. The van der Waals surface area contributed by atoms with Crippen molar-refractivity contribution in [3.8, 4) is 17.2 Å². The van der Waals surface area contributed by atoms with Crippen LogP contribution in [-0.2, 0) is 4.79 Å². The van der Waals surface area contributed by atoms with Crippen molar-refractivity contribution < 1.29 is 28.6 Å². The zero-order chi connectivity index (χ0) is 27.9. The fraction of sp³-hybridized carbons (Fsp3) is 0.267. The number of hydrogen-bond acceptors (Lipinski definition) is 7. The first-order chi connectivity index (χ1) is 19.0. The second kappa shape index (κ2) is 15.6. The van der Waals surface area contributed by atoms with Gasteiger partial charge in [0.15, 0.2) is 0 Å². The summed E-state index contributed by atoms with van der Waals surface area (Å²) in [5, 5.41) is 6.44. The van der Waals surface area contributed by atoms with Crippen LogP contribution < -0.4 is 25.0 Å². The van der Waals surface area contributed by atoms with Gasteiger partial charge >= 0.3 is 5.97 Å². The summed E-state index contributed by atoms with van der Waals surface area (Å²) >= 11 is 0. The Morgan fingerprint density at radius 3 is 1.95 bits per heavy atom. The van der Waals surface area contributed by atoms with E-state index in [4.69, 9.17) is 14.2 Å². The predicted octanol–water partition coefficient (Wildman–Crippen LogP) is 4.75. The molecular formula is C30H33N3O6. The van der Waals surface area contributed by atoms with E-state index >= 15 is 0 Å². The maximum Gasteiger partial charge on any atom is 0.343 e. The molecule has 3 rings (SSSR count). The molecule has 0 atom stereocenters. The molecule has 0 spiro atoms. The molecule has 3 aromatic rings. The van der Waals surface area contributed by atoms with Gasteiger partial charge in [0.1, 0.15) is 17.2 Å². The molecule has 0 bridgehead atoms. The van der Waals surface area contributed by atoms with Gasteiger partial charge in [-0.3, -0.25) is 9.59 Å². The lowest BCUT2D eigenvalue weighted by Crippen LogP contribution is -2.34. The van der Waals surface area contributed by atoms with Crippen molar-refractivity contribution in [2.75, 3.05) is 19.8 Å². The largest absolute Gasteiger partial charge is 0.494 e. The third-order valence-electron chi connectivity index (χ3n) is 5.35. The van der Waals surface area contributed by atoms with Crippen molar-refractivity contribution in [2.24, 2.45) is 5.10 Å². The van der Waals surface area contributed by atoms with Crippen LogP contribution in [0.5, 0.6) is 17.2 Å². The van der Waals surface area contributed by atoms with E-state index in [2.05, 4.69) is 22.8 Å². The molecule has 0 aromatic heterocycles. The Labute approximate surface area is 228 Å². The zero-order valence-electron chi connectivity index (χ0n) is 22.1. The first-order valence-electron chi connectivity index (χ1n) is 12.9. The first kappa shape index (κ1) is 28.9. The molecule has 2 N–H and O–H groups in total. The van der Waals surface area contributed by atoms with E-state index in [1.54, 1.807) is 72.8 Å². The van der Waals surface area contributed by atoms with Crippen LogP contribution in [-0.4, -0.2) is 43.8 Å². The second-order valence-electron chi connectivity index (χ2n) is 8.53. The number of amides is 2. The Hall–Kier alpha value is -4.66. The van der Waals surface area contributed by atoms with Crippen LogP contribution in [0.25, 0.3) is 0 Å². The summed E-state index contributed by atoms with van der Waals surface area (Å²) in [6, 6.07) is 20.1. The monoisotopic (exact) mass is 531 g/mol. The lowest BCUT2D eigenvalue weighted by atomic mass is 10.2. The van der Waals surface area contributed by atoms with E-state index in [-0.39, 0.29) is 12.5 Å². The zero-order valence-corrected chi connectivity index (χ0v) is 22.1. The number of hydrogen-bond donors (Lipinski definition) is 2. The van der Waals surface area contributed by atoms with Gasteiger partial charge in [0.2, 0.25) is 0 Å². The van der Waals surface area contributed by atoms with Crippen molar-refractivity contribution in [3.05, 3.63) is 89.5 Å². The predicted molar refractivity (Wildman–Crippen MR) is 149 cm³/mol. The normalized spacial score (nSPS) is 10.6. The third-order valence-corrected chi connectivity index (χ3v) is 5.35. The van der Waals surface area contributed by atoms with E-state index < -0.39 is 11.9 Å². The molecule has 3 aromatic carbocycles. The number of rotatable bonds is 14. The summed E-state index contributed by atoms with van der Waals surface area (Å²) in [4.78, 5) is 36.6. The molecule has 0 unspecified atom stereocenters. The molecule has 0 aliphatic heterocycles. The molecule has 9 nitrogen and oxygen atoms in total.